The van der Waals surface area contributed by atoms with Crippen LogP contribution in [-0.4, -0.2) is 22.9 Å². The molecule has 112 valence electrons. The summed E-state index contributed by atoms with van der Waals surface area (Å²) in [6, 6.07) is 5.32. The van der Waals surface area contributed by atoms with Gasteiger partial charge in [0.15, 0.2) is 5.69 Å². The van der Waals surface area contributed by atoms with Crippen molar-refractivity contribution in [2.45, 2.75) is 0 Å². The van der Waals surface area contributed by atoms with Crippen molar-refractivity contribution in [3.05, 3.63) is 47.0 Å². The van der Waals surface area contributed by atoms with Crippen LogP contribution in [0, 0.1) is 17.1 Å². The fourth-order valence-corrected chi connectivity index (χ4v) is 2.08. The fourth-order valence-electron chi connectivity index (χ4n) is 1.93. The zero-order valence-corrected chi connectivity index (χ0v) is 12.0. The highest BCUT2D eigenvalue weighted by Crippen LogP contribution is 2.26. The average molecular weight is 322 g/mol. The summed E-state index contributed by atoms with van der Waals surface area (Å²) in [4.78, 5) is 23.0. The Bertz CT molecular complexity index is 823. The highest BCUT2D eigenvalue weighted by molar-refractivity contribution is 6.67. The Labute approximate surface area is 129 Å². The maximum atomic E-state index is 13.5. The van der Waals surface area contributed by atoms with Gasteiger partial charge >= 0.3 is 5.97 Å². The minimum absolute atomic E-state index is 0.0449. The summed E-state index contributed by atoms with van der Waals surface area (Å²) in [7, 11) is 1.16. The Morgan fingerprint density at radius 1 is 1.45 bits per heavy atom. The van der Waals surface area contributed by atoms with Crippen LogP contribution in [-0.2, 0) is 4.74 Å². The van der Waals surface area contributed by atoms with Crippen LogP contribution in [0.2, 0.25) is 0 Å². The molecule has 1 aromatic heterocycles. The van der Waals surface area contributed by atoms with Gasteiger partial charge in [0.1, 0.15) is 11.9 Å². The van der Waals surface area contributed by atoms with E-state index >= 15 is 0 Å². The summed E-state index contributed by atoms with van der Waals surface area (Å²) in [6.45, 7) is 0. The molecule has 0 unspecified atom stereocenters. The normalized spacial score (nSPS) is 10.1. The molecule has 0 saturated carbocycles. The molecule has 0 radical (unpaired) electrons. The number of benzene rings is 1. The van der Waals surface area contributed by atoms with E-state index in [1.54, 1.807) is 0 Å². The largest absolute Gasteiger partial charge is 0.464 e. The highest BCUT2D eigenvalue weighted by Gasteiger charge is 2.22. The molecule has 1 heterocycles. The van der Waals surface area contributed by atoms with Crippen molar-refractivity contribution in [3.63, 3.8) is 0 Å². The van der Waals surface area contributed by atoms with Crippen LogP contribution in [0.4, 0.5) is 10.1 Å². The topological polar surface area (TPSA) is 98.1 Å². The van der Waals surface area contributed by atoms with Gasteiger partial charge in [0.25, 0.3) is 5.24 Å². The number of nitrogen functional groups attached to an aromatic ring is 1. The monoisotopic (exact) mass is 321 g/mol. The number of halogens is 2. The van der Waals surface area contributed by atoms with Gasteiger partial charge in [0, 0.05) is 11.9 Å². The lowest BCUT2D eigenvalue weighted by Gasteiger charge is -2.09. The van der Waals surface area contributed by atoms with E-state index in [1.165, 1.54) is 16.8 Å². The van der Waals surface area contributed by atoms with Gasteiger partial charge in [-0.15, -0.1) is 0 Å². The quantitative estimate of drug-likeness (QED) is 0.690. The molecular formula is C14H9ClFN3O3. The Hall–Kier alpha value is -2.85. The average Bonchev–Trinajstić information content (AvgIpc) is 2.83. The molecule has 0 bridgehead atoms. The number of hydrogen-bond acceptors (Lipinski definition) is 5. The van der Waals surface area contributed by atoms with E-state index in [-0.39, 0.29) is 28.2 Å². The Kier molecular flexibility index (Phi) is 4.15. The van der Waals surface area contributed by atoms with Crippen molar-refractivity contribution in [3.8, 4) is 11.8 Å². The summed E-state index contributed by atoms with van der Waals surface area (Å²) in [5.41, 5.74) is 5.49. The number of ether oxygens (including phenoxy) is 1. The van der Waals surface area contributed by atoms with Crippen molar-refractivity contribution < 1.29 is 18.7 Å². The number of methoxy groups -OCH3 is 1. The summed E-state index contributed by atoms with van der Waals surface area (Å²) >= 11 is 5.30. The number of nitrogens with two attached hydrogens (primary N) is 1. The van der Waals surface area contributed by atoms with Gasteiger partial charge in [-0.05, 0) is 29.8 Å². The number of nitrogens with zero attached hydrogens (tertiary/aromatic N) is 2. The van der Waals surface area contributed by atoms with E-state index in [9.17, 15) is 14.0 Å². The number of esters is 1. The van der Waals surface area contributed by atoms with Gasteiger partial charge in [0.05, 0.1) is 23.9 Å². The van der Waals surface area contributed by atoms with Gasteiger partial charge in [-0.2, -0.15) is 5.26 Å². The molecule has 0 aliphatic carbocycles. The molecule has 8 heteroatoms. The second-order valence-electron chi connectivity index (χ2n) is 4.22. The highest BCUT2D eigenvalue weighted by atomic mass is 35.5. The Balaban J connectivity index is 2.73. The molecule has 0 amide bonds. The number of carbonyl (C=O) groups is 2. The minimum atomic E-state index is -0.986. The minimum Gasteiger partial charge on any atom is -0.464 e. The van der Waals surface area contributed by atoms with Crippen LogP contribution < -0.4 is 5.73 Å². The van der Waals surface area contributed by atoms with Crippen molar-refractivity contribution in [2.24, 2.45) is 0 Å². The van der Waals surface area contributed by atoms with Gasteiger partial charge < -0.3 is 15.0 Å². The first-order valence-electron chi connectivity index (χ1n) is 5.89. The first-order chi connectivity index (χ1) is 10.4. The third-order valence-electron chi connectivity index (χ3n) is 2.98. The predicted octanol–water partition coefficient (Wildman–Crippen LogP) is 2.24. The van der Waals surface area contributed by atoms with E-state index in [0.717, 1.165) is 19.2 Å². The molecule has 0 aliphatic heterocycles. The molecule has 1 aromatic carbocycles. The third-order valence-corrected chi connectivity index (χ3v) is 3.19. The van der Waals surface area contributed by atoms with Crippen LogP contribution in [0.1, 0.15) is 26.4 Å². The van der Waals surface area contributed by atoms with Crippen LogP contribution in [0.15, 0.2) is 24.4 Å². The number of anilines is 1. The van der Waals surface area contributed by atoms with E-state index in [4.69, 9.17) is 22.6 Å². The van der Waals surface area contributed by atoms with E-state index < -0.39 is 17.0 Å². The number of aromatic nitrogens is 1. The molecule has 0 spiro atoms. The third kappa shape index (κ3) is 2.52. The van der Waals surface area contributed by atoms with Crippen LogP contribution >= 0.6 is 11.6 Å². The predicted molar refractivity (Wildman–Crippen MR) is 76.4 cm³/mol. The molecule has 2 rings (SSSR count). The lowest BCUT2D eigenvalue weighted by atomic mass is 10.2. The van der Waals surface area contributed by atoms with Gasteiger partial charge in [-0.1, -0.05) is 0 Å². The Morgan fingerprint density at radius 2 is 2.14 bits per heavy atom. The summed E-state index contributed by atoms with van der Waals surface area (Å²) in [6.07, 6.45) is 1.29. The van der Waals surface area contributed by atoms with E-state index in [2.05, 4.69) is 4.74 Å². The molecule has 6 nitrogen and oxygen atoms in total. The maximum absolute atomic E-state index is 13.5. The first kappa shape index (κ1) is 15.5. The molecule has 0 fully saturated rings. The lowest BCUT2D eigenvalue weighted by Crippen LogP contribution is -2.11. The maximum Gasteiger partial charge on any atom is 0.357 e. The Morgan fingerprint density at radius 3 is 2.68 bits per heavy atom. The zero-order valence-electron chi connectivity index (χ0n) is 11.3. The van der Waals surface area contributed by atoms with Crippen LogP contribution in [0.5, 0.6) is 0 Å². The number of carbonyl (C=O) groups excluding carboxylic acids is 2. The van der Waals surface area contributed by atoms with Crippen molar-refractivity contribution in [1.29, 1.82) is 5.26 Å². The second-order valence-corrected chi connectivity index (χ2v) is 4.56. The second kappa shape index (κ2) is 5.87. The van der Waals surface area contributed by atoms with Gasteiger partial charge in [0.2, 0.25) is 0 Å². The van der Waals surface area contributed by atoms with Crippen LogP contribution in [0.3, 0.4) is 0 Å². The van der Waals surface area contributed by atoms with Crippen molar-refractivity contribution in [1.82, 2.24) is 4.57 Å². The smallest absolute Gasteiger partial charge is 0.357 e. The molecule has 0 atom stereocenters. The first-order valence-corrected chi connectivity index (χ1v) is 6.27. The molecule has 0 saturated heterocycles. The van der Waals surface area contributed by atoms with Crippen molar-refractivity contribution >= 4 is 28.5 Å². The SMILES string of the molecule is COC(=O)c1c(N)c(C#N)cn1-c1ccc(F)c(C(=O)Cl)c1. The molecule has 0 aliphatic rings. The van der Waals surface area contributed by atoms with Crippen molar-refractivity contribution in [2.75, 3.05) is 12.8 Å². The number of rotatable bonds is 3. The standard InChI is InChI=1S/C14H9ClFN3O3/c1-22-14(21)12-11(18)7(5-17)6-19(12)8-2-3-10(16)9(4-8)13(15)20/h2-4,6H,18H2,1H3. The zero-order chi connectivity index (χ0) is 16.4. The van der Waals surface area contributed by atoms with E-state index in [1.807, 2.05) is 6.07 Å². The molecule has 2 aromatic rings. The number of nitriles is 1. The number of hydrogen-bond donors (Lipinski definition) is 1. The summed E-state index contributed by atoms with van der Waals surface area (Å²) in [5.74, 6) is -1.58. The van der Waals surface area contributed by atoms with Crippen LogP contribution in [0.25, 0.3) is 5.69 Å². The molecular weight excluding hydrogens is 313 g/mol. The molecule has 2 N–H and O–H groups in total. The summed E-state index contributed by atoms with van der Waals surface area (Å²) in [5, 5.41) is 8.03. The molecule has 22 heavy (non-hydrogen) atoms. The van der Waals surface area contributed by atoms with E-state index in [0.29, 0.717) is 0 Å². The summed E-state index contributed by atoms with van der Waals surface area (Å²) < 4.78 is 19.4. The van der Waals surface area contributed by atoms with Gasteiger partial charge in [-0.3, -0.25) is 4.79 Å². The fraction of sp³-hybridized carbons (Fsp3) is 0.0714. The lowest BCUT2D eigenvalue weighted by molar-refractivity contribution is 0.0593. The van der Waals surface area contributed by atoms with Gasteiger partial charge in [-0.25, -0.2) is 9.18 Å².